The molecule has 7 nitrogen and oxygen atoms in total. The molecule has 0 aliphatic carbocycles. The van der Waals surface area contributed by atoms with E-state index in [9.17, 15) is 4.79 Å². The lowest BCUT2D eigenvalue weighted by atomic mass is 10.2. The minimum atomic E-state index is -0.307. The highest BCUT2D eigenvalue weighted by Gasteiger charge is 2.14. The van der Waals surface area contributed by atoms with Crippen LogP contribution in [0.25, 0.3) is 0 Å². The number of amides is 1. The average Bonchev–Trinajstić information content (AvgIpc) is 2.72. The summed E-state index contributed by atoms with van der Waals surface area (Å²) >= 11 is 7.19. The third-order valence-corrected chi connectivity index (χ3v) is 4.73. The predicted molar refractivity (Wildman–Crippen MR) is 108 cm³/mol. The smallest absolute Gasteiger partial charge is 0.270 e. The Morgan fingerprint density at radius 2 is 1.71 bits per heavy atom. The van der Waals surface area contributed by atoms with E-state index < -0.39 is 0 Å². The number of ether oxygens (including phenoxy) is 2. The monoisotopic (exact) mass is 416 g/mol. The van der Waals surface area contributed by atoms with Crippen LogP contribution in [0.5, 0.6) is 11.8 Å². The van der Waals surface area contributed by atoms with Crippen molar-refractivity contribution in [2.75, 3.05) is 19.6 Å². The van der Waals surface area contributed by atoms with Crippen LogP contribution in [0.4, 0.5) is 5.69 Å². The summed E-state index contributed by atoms with van der Waals surface area (Å²) in [5.74, 6) is 0.441. The Labute approximate surface area is 171 Å². The number of aromatic nitrogens is 2. The molecule has 1 amide bonds. The van der Waals surface area contributed by atoms with E-state index in [0.29, 0.717) is 38.1 Å². The van der Waals surface area contributed by atoms with Gasteiger partial charge in [0.15, 0.2) is 5.16 Å². The van der Waals surface area contributed by atoms with Crippen molar-refractivity contribution in [3.05, 3.63) is 65.2 Å². The first-order valence-electron chi connectivity index (χ1n) is 8.15. The van der Waals surface area contributed by atoms with E-state index in [-0.39, 0.29) is 5.91 Å². The molecule has 0 aliphatic rings. The van der Waals surface area contributed by atoms with Crippen molar-refractivity contribution in [3.8, 4) is 11.8 Å². The molecule has 1 aromatic heterocycles. The average molecular weight is 417 g/mol. The largest absolute Gasteiger partial charge is 0.481 e. The van der Waals surface area contributed by atoms with Crippen LogP contribution in [-0.2, 0) is 0 Å². The minimum absolute atomic E-state index is 0.307. The molecule has 0 saturated carbocycles. The maximum absolute atomic E-state index is 12.7. The number of carbonyl (C=O) groups excluding carboxylic acids is 1. The van der Waals surface area contributed by atoms with Crippen LogP contribution >= 0.6 is 23.4 Å². The Balaban J connectivity index is 1.78. The molecule has 0 saturated heterocycles. The molecule has 9 heteroatoms. The van der Waals surface area contributed by atoms with Gasteiger partial charge in [-0.25, -0.2) is 0 Å². The summed E-state index contributed by atoms with van der Waals surface area (Å²) in [5.41, 5.74) is 6.65. The van der Waals surface area contributed by atoms with Crippen LogP contribution < -0.4 is 20.3 Å². The van der Waals surface area contributed by atoms with Crippen molar-refractivity contribution in [2.45, 2.75) is 10.1 Å². The van der Waals surface area contributed by atoms with E-state index in [2.05, 4.69) is 20.8 Å². The molecule has 3 rings (SSSR count). The minimum Gasteiger partial charge on any atom is -0.481 e. The highest BCUT2D eigenvalue weighted by Crippen LogP contribution is 2.30. The van der Waals surface area contributed by atoms with E-state index in [1.54, 1.807) is 42.5 Å². The summed E-state index contributed by atoms with van der Waals surface area (Å²) in [5, 5.41) is 0.971. The van der Waals surface area contributed by atoms with Gasteiger partial charge >= 0.3 is 0 Å². The zero-order valence-electron chi connectivity index (χ0n) is 15.1. The van der Waals surface area contributed by atoms with E-state index in [4.69, 9.17) is 21.1 Å². The SMILES string of the molecule is COc1cc(OC)nc(Sc2ccccc2C(=O)NNc2cccc(Cl)c2)n1. The zero-order valence-corrected chi connectivity index (χ0v) is 16.7. The van der Waals surface area contributed by atoms with Gasteiger partial charge in [-0.3, -0.25) is 15.6 Å². The van der Waals surface area contributed by atoms with Gasteiger partial charge in [-0.1, -0.05) is 29.8 Å². The molecule has 0 unspecified atom stereocenters. The number of halogens is 1. The normalized spacial score (nSPS) is 10.2. The molecule has 2 aromatic carbocycles. The van der Waals surface area contributed by atoms with Crippen molar-refractivity contribution >= 4 is 35.0 Å². The van der Waals surface area contributed by atoms with E-state index in [1.165, 1.54) is 26.0 Å². The standard InChI is InChI=1S/C19H17ClN4O3S/c1-26-16-11-17(27-2)22-19(21-16)28-15-9-4-3-8-14(15)18(25)24-23-13-7-5-6-12(20)10-13/h3-11,23H,1-2H3,(H,24,25). The zero-order chi connectivity index (χ0) is 19.9. The number of hydrogen-bond acceptors (Lipinski definition) is 7. The lowest BCUT2D eigenvalue weighted by Gasteiger charge is -2.12. The number of methoxy groups -OCH3 is 2. The second-order valence-corrected chi connectivity index (χ2v) is 6.87. The quantitative estimate of drug-likeness (QED) is 0.443. The number of nitrogens with one attached hydrogen (secondary N) is 2. The van der Waals surface area contributed by atoms with Crippen LogP contribution in [0.2, 0.25) is 5.02 Å². The van der Waals surface area contributed by atoms with E-state index in [1.807, 2.05) is 12.1 Å². The first-order chi connectivity index (χ1) is 13.6. The number of hydrogen-bond donors (Lipinski definition) is 2. The fraction of sp³-hybridized carbons (Fsp3) is 0.105. The molecular weight excluding hydrogens is 400 g/mol. The van der Waals surface area contributed by atoms with Gasteiger partial charge in [-0.15, -0.1) is 0 Å². The molecule has 28 heavy (non-hydrogen) atoms. The topological polar surface area (TPSA) is 85.4 Å². The molecule has 1 heterocycles. The molecular formula is C19H17ClN4O3S. The highest BCUT2D eigenvalue weighted by atomic mass is 35.5. The third kappa shape index (κ3) is 5.05. The lowest BCUT2D eigenvalue weighted by molar-refractivity contribution is 0.0960. The van der Waals surface area contributed by atoms with E-state index >= 15 is 0 Å². The number of anilines is 1. The second-order valence-electron chi connectivity index (χ2n) is 5.42. The Bertz CT molecular complexity index is 965. The second kappa shape index (κ2) is 9.29. The van der Waals surface area contributed by atoms with Crippen molar-refractivity contribution in [1.29, 1.82) is 0 Å². The van der Waals surface area contributed by atoms with Gasteiger partial charge in [0, 0.05) is 9.92 Å². The third-order valence-electron chi connectivity index (χ3n) is 3.55. The van der Waals surface area contributed by atoms with Crippen molar-refractivity contribution < 1.29 is 14.3 Å². The number of carbonyl (C=O) groups is 1. The molecule has 0 radical (unpaired) electrons. The molecule has 144 valence electrons. The van der Waals surface area contributed by atoms with Crippen LogP contribution in [-0.4, -0.2) is 30.1 Å². The lowest BCUT2D eigenvalue weighted by Crippen LogP contribution is -2.29. The van der Waals surface area contributed by atoms with Gasteiger partial charge in [0.05, 0.1) is 31.5 Å². The number of hydrazine groups is 1. The fourth-order valence-corrected chi connectivity index (χ4v) is 3.32. The first-order valence-corrected chi connectivity index (χ1v) is 9.34. The predicted octanol–water partition coefficient (Wildman–Crippen LogP) is 4.06. The molecule has 3 aromatic rings. The highest BCUT2D eigenvalue weighted by molar-refractivity contribution is 7.99. The number of nitrogens with zero attached hydrogens (tertiary/aromatic N) is 2. The molecule has 0 fully saturated rings. The summed E-state index contributed by atoms with van der Waals surface area (Å²) in [6, 6.07) is 15.8. The summed E-state index contributed by atoms with van der Waals surface area (Å²) < 4.78 is 10.3. The molecule has 0 atom stereocenters. The van der Waals surface area contributed by atoms with Gasteiger partial charge in [-0.2, -0.15) is 9.97 Å². The number of benzene rings is 2. The van der Waals surface area contributed by atoms with Gasteiger partial charge in [0.25, 0.3) is 5.91 Å². The van der Waals surface area contributed by atoms with Gasteiger partial charge in [0.1, 0.15) is 0 Å². The fourth-order valence-electron chi connectivity index (χ4n) is 2.24. The van der Waals surface area contributed by atoms with Gasteiger partial charge in [-0.05, 0) is 42.1 Å². The Hall–Kier alpha value is -2.97. The molecule has 0 aliphatic heterocycles. The first kappa shape index (κ1) is 19.8. The van der Waals surface area contributed by atoms with Crippen molar-refractivity contribution in [1.82, 2.24) is 15.4 Å². The maximum atomic E-state index is 12.7. The van der Waals surface area contributed by atoms with Crippen LogP contribution in [0.15, 0.2) is 64.6 Å². The summed E-state index contributed by atoms with van der Waals surface area (Å²) in [7, 11) is 3.03. The molecule has 2 N–H and O–H groups in total. The summed E-state index contributed by atoms with van der Waals surface area (Å²) in [6.07, 6.45) is 0. The summed E-state index contributed by atoms with van der Waals surface area (Å²) in [4.78, 5) is 21.9. The van der Waals surface area contributed by atoms with Crippen molar-refractivity contribution in [2.24, 2.45) is 0 Å². The Morgan fingerprint density at radius 1 is 1.00 bits per heavy atom. The number of rotatable bonds is 7. The van der Waals surface area contributed by atoms with E-state index in [0.717, 1.165) is 0 Å². The molecule has 0 bridgehead atoms. The van der Waals surface area contributed by atoms with Gasteiger partial charge < -0.3 is 9.47 Å². The van der Waals surface area contributed by atoms with Crippen molar-refractivity contribution in [3.63, 3.8) is 0 Å². The van der Waals surface area contributed by atoms with Crippen LogP contribution in [0.3, 0.4) is 0 Å². The Kier molecular flexibility index (Phi) is 6.57. The van der Waals surface area contributed by atoms with Crippen LogP contribution in [0.1, 0.15) is 10.4 Å². The molecule has 0 spiro atoms. The Morgan fingerprint density at radius 3 is 2.39 bits per heavy atom. The maximum Gasteiger partial charge on any atom is 0.270 e. The summed E-state index contributed by atoms with van der Waals surface area (Å²) in [6.45, 7) is 0. The van der Waals surface area contributed by atoms with Crippen LogP contribution in [0, 0.1) is 0 Å². The van der Waals surface area contributed by atoms with Gasteiger partial charge in [0.2, 0.25) is 11.8 Å².